The molecule has 124 valence electrons. The van der Waals surface area contributed by atoms with Gasteiger partial charge >= 0.3 is 0 Å². The SMILES string of the molecule is O=C(c1ccccc1)N1CC2NS(=O)(=O)c3cccnc3OC2C1. The third kappa shape index (κ3) is 2.53. The number of pyridine rings is 1. The topological polar surface area (TPSA) is 88.6 Å². The van der Waals surface area contributed by atoms with Crippen molar-refractivity contribution in [2.75, 3.05) is 13.1 Å². The van der Waals surface area contributed by atoms with Crippen LogP contribution in [-0.2, 0) is 10.0 Å². The van der Waals surface area contributed by atoms with E-state index in [1.807, 2.05) is 6.07 Å². The van der Waals surface area contributed by atoms with E-state index in [-0.39, 0.29) is 23.2 Å². The van der Waals surface area contributed by atoms with Gasteiger partial charge in [-0.3, -0.25) is 4.79 Å². The molecule has 1 fully saturated rings. The molecular weight excluding hydrogens is 330 g/mol. The summed E-state index contributed by atoms with van der Waals surface area (Å²) in [6.07, 6.45) is 1.01. The number of carbonyl (C=O) groups is 1. The number of rotatable bonds is 1. The van der Waals surface area contributed by atoms with E-state index >= 15 is 0 Å². The first-order valence-corrected chi connectivity index (χ1v) is 9.01. The number of fused-ring (bicyclic) bond motifs is 2. The summed E-state index contributed by atoms with van der Waals surface area (Å²) in [4.78, 5) is 18.2. The molecule has 2 aliphatic heterocycles. The van der Waals surface area contributed by atoms with Gasteiger partial charge in [0, 0.05) is 18.3 Å². The number of amides is 1. The first kappa shape index (κ1) is 15.1. The number of likely N-dealkylation sites (tertiary alicyclic amines) is 1. The van der Waals surface area contributed by atoms with Gasteiger partial charge in [0.2, 0.25) is 15.9 Å². The molecule has 1 N–H and O–H groups in total. The van der Waals surface area contributed by atoms with Gasteiger partial charge in [-0.1, -0.05) is 18.2 Å². The summed E-state index contributed by atoms with van der Waals surface area (Å²) in [6.45, 7) is 0.558. The van der Waals surface area contributed by atoms with Gasteiger partial charge < -0.3 is 9.64 Å². The number of nitrogens with one attached hydrogen (secondary N) is 1. The minimum atomic E-state index is -3.72. The molecule has 1 saturated heterocycles. The van der Waals surface area contributed by atoms with Crippen LogP contribution in [0.4, 0.5) is 0 Å². The number of ether oxygens (including phenoxy) is 1. The lowest BCUT2D eigenvalue weighted by Crippen LogP contribution is -2.42. The Bertz CT molecular complexity index is 885. The van der Waals surface area contributed by atoms with Crippen molar-refractivity contribution in [3.05, 3.63) is 54.2 Å². The molecule has 3 heterocycles. The van der Waals surface area contributed by atoms with Crippen molar-refractivity contribution in [1.29, 1.82) is 0 Å². The lowest BCUT2D eigenvalue weighted by Gasteiger charge is -2.17. The molecule has 2 aromatic rings. The second-order valence-electron chi connectivity index (χ2n) is 5.77. The Morgan fingerprint density at radius 2 is 1.96 bits per heavy atom. The zero-order valence-corrected chi connectivity index (χ0v) is 13.4. The number of nitrogens with zero attached hydrogens (tertiary/aromatic N) is 2. The van der Waals surface area contributed by atoms with Crippen molar-refractivity contribution in [3.63, 3.8) is 0 Å². The van der Waals surface area contributed by atoms with E-state index in [1.165, 1.54) is 12.3 Å². The average molecular weight is 345 g/mol. The number of sulfonamides is 1. The van der Waals surface area contributed by atoms with Crippen LogP contribution in [0.5, 0.6) is 5.88 Å². The molecule has 7 nitrogen and oxygen atoms in total. The zero-order chi connectivity index (χ0) is 16.7. The second-order valence-corrected chi connectivity index (χ2v) is 7.45. The zero-order valence-electron chi connectivity index (χ0n) is 12.6. The molecule has 24 heavy (non-hydrogen) atoms. The van der Waals surface area contributed by atoms with Crippen molar-refractivity contribution in [1.82, 2.24) is 14.6 Å². The van der Waals surface area contributed by atoms with Crippen molar-refractivity contribution in [2.24, 2.45) is 0 Å². The Hall–Kier alpha value is -2.45. The Morgan fingerprint density at radius 1 is 1.17 bits per heavy atom. The predicted octanol–water partition coefficient (Wildman–Crippen LogP) is 0.646. The maximum atomic E-state index is 12.6. The van der Waals surface area contributed by atoms with Crippen molar-refractivity contribution in [3.8, 4) is 5.88 Å². The van der Waals surface area contributed by atoms with E-state index < -0.39 is 22.2 Å². The van der Waals surface area contributed by atoms with Crippen LogP contribution in [0.1, 0.15) is 10.4 Å². The molecule has 0 saturated carbocycles. The van der Waals surface area contributed by atoms with Crippen LogP contribution < -0.4 is 9.46 Å². The normalized spacial score (nSPS) is 24.4. The van der Waals surface area contributed by atoms with Crippen LogP contribution in [0.2, 0.25) is 0 Å². The largest absolute Gasteiger partial charge is 0.470 e. The summed E-state index contributed by atoms with van der Waals surface area (Å²) >= 11 is 0. The fourth-order valence-corrected chi connectivity index (χ4v) is 4.35. The first-order valence-electron chi connectivity index (χ1n) is 7.53. The van der Waals surface area contributed by atoms with Crippen LogP contribution in [0.15, 0.2) is 53.6 Å². The molecule has 0 radical (unpaired) electrons. The second kappa shape index (κ2) is 5.57. The highest BCUT2D eigenvalue weighted by molar-refractivity contribution is 7.89. The molecule has 8 heteroatoms. The third-order valence-electron chi connectivity index (χ3n) is 4.17. The molecule has 0 spiro atoms. The van der Waals surface area contributed by atoms with Gasteiger partial charge in [-0.25, -0.2) is 18.1 Å². The minimum Gasteiger partial charge on any atom is -0.470 e. The van der Waals surface area contributed by atoms with E-state index in [9.17, 15) is 13.2 Å². The van der Waals surface area contributed by atoms with E-state index in [0.29, 0.717) is 12.1 Å². The summed E-state index contributed by atoms with van der Waals surface area (Å²) in [6, 6.07) is 11.4. The maximum absolute atomic E-state index is 12.6. The summed E-state index contributed by atoms with van der Waals surface area (Å²) in [5.41, 5.74) is 0.565. The molecule has 1 aromatic carbocycles. The summed E-state index contributed by atoms with van der Waals surface area (Å²) in [5.74, 6) is -0.0702. The molecule has 2 atom stereocenters. The van der Waals surface area contributed by atoms with Gasteiger partial charge in [0.1, 0.15) is 11.0 Å². The molecular formula is C16H15N3O4S. The lowest BCUT2D eigenvalue weighted by atomic mass is 10.2. The monoisotopic (exact) mass is 345 g/mol. The standard InChI is InChI=1S/C16H15N3O4S/c20-16(11-5-2-1-3-6-11)19-9-12-13(10-19)23-15-14(7-4-8-17-15)24(21,22)18-12/h1-8,12-13,18H,9-10H2. The Balaban J connectivity index is 1.62. The van der Waals surface area contributed by atoms with Gasteiger partial charge in [0.25, 0.3) is 5.91 Å². The Labute approximate surface area is 139 Å². The van der Waals surface area contributed by atoms with E-state index in [4.69, 9.17) is 4.74 Å². The molecule has 1 aromatic heterocycles. The minimum absolute atomic E-state index is 0.0281. The Morgan fingerprint density at radius 3 is 2.75 bits per heavy atom. The summed E-state index contributed by atoms with van der Waals surface area (Å²) in [5, 5.41) is 0. The van der Waals surface area contributed by atoms with Crippen LogP contribution >= 0.6 is 0 Å². The smallest absolute Gasteiger partial charge is 0.254 e. The maximum Gasteiger partial charge on any atom is 0.254 e. The summed E-state index contributed by atoms with van der Waals surface area (Å²) < 4.78 is 33.3. The van der Waals surface area contributed by atoms with Crippen LogP contribution in [0.25, 0.3) is 0 Å². The van der Waals surface area contributed by atoms with Gasteiger partial charge in [-0.2, -0.15) is 0 Å². The highest BCUT2D eigenvalue weighted by atomic mass is 32.2. The summed E-state index contributed by atoms with van der Waals surface area (Å²) in [7, 11) is -3.72. The van der Waals surface area contributed by atoms with Crippen molar-refractivity contribution < 1.29 is 17.9 Å². The number of carbonyl (C=O) groups excluding carboxylic acids is 1. The molecule has 2 unspecified atom stereocenters. The highest BCUT2D eigenvalue weighted by Gasteiger charge is 2.43. The first-order chi connectivity index (χ1) is 11.5. The van der Waals surface area contributed by atoms with E-state index in [2.05, 4.69) is 9.71 Å². The molecule has 1 amide bonds. The van der Waals surface area contributed by atoms with Gasteiger partial charge in [-0.15, -0.1) is 0 Å². The van der Waals surface area contributed by atoms with Crippen LogP contribution in [-0.4, -0.2) is 49.4 Å². The van der Waals surface area contributed by atoms with E-state index in [1.54, 1.807) is 35.2 Å². The third-order valence-corrected chi connectivity index (χ3v) is 5.67. The molecule has 2 aliphatic rings. The molecule has 0 bridgehead atoms. The van der Waals surface area contributed by atoms with Crippen molar-refractivity contribution in [2.45, 2.75) is 17.0 Å². The quantitative estimate of drug-likeness (QED) is 0.820. The number of benzene rings is 1. The van der Waals surface area contributed by atoms with Crippen molar-refractivity contribution >= 4 is 15.9 Å². The van der Waals surface area contributed by atoms with Gasteiger partial charge in [0.15, 0.2) is 0 Å². The van der Waals surface area contributed by atoms with E-state index in [0.717, 1.165) is 0 Å². The number of hydrogen-bond donors (Lipinski definition) is 1. The predicted molar refractivity (Wildman–Crippen MR) is 85.1 cm³/mol. The van der Waals surface area contributed by atoms with Crippen LogP contribution in [0.3, 0.4) is 0 Å². The average Bonchev–Trinajstić information content (AvgIpc) is 2.92. The Kier molecular flexibility index (Phi) is 3.50. The molecule has 0 aliphatic carbocycles. The van der Waals surface area contributed by atoms with Gasteiger partial charge in [-0.05, 0) is 24.3 Å². The fraction of sp³-hybridized carbons (Fsp3) is 0.250. The van der Waals surface area contributed by atoms with Gasteiger partial charge in [0.05, 0.1) is 12.6 Å². The number of aromatic nitrogens is 1. The lowest BCUT2D eigenvalue weighted by molar-refractivity contribution is 0.0770. The highest BCUT2D eigenvalue weighted by Crippen LogP contribution is 2.29. The fourth-order valence-electron chi connectivity index (χ4n) is 3.01. The number of hydrogen-bond acceptors (Lipinski definition) is 5. The molecule has 4 rings (SSSR count). The van der Waals surface area contributed by atoms with Crippen LogP contribution in [0, 0.1) is 0 Å².